The van der Waals surface area contributed by atoms with E-state index in [1.807, 2.05) is 17.0 Å². The third-order valence-corrected chi connectivity index (χ3v) is 3.89. The van der Waals surface area contributed by atoms with Gasteiger partial charge in [0.25, 0.3) is 5.91 Å². The summed E-state index contributed by atoms with van der Waals surface area (Å²) in [6.07, 6.45) is 3.41. The number of anilines is 1. The van der Waals surface area contributed by atoms with Gasteiger partial charge in [0.1, 0.15) is 0 Å². The SMILES string of the molecule is COCCNC(=O)c1ccc(NCC(=O)N2CCCCC2)cc1. The van der Waals surface area contributed by atoms with Crippen LogP contribution in [0.4, 0.5) is 5.69 Å². The van der Waals surface area contributed by atoms with Gasteiger partial charge in [-0.3, -0.25) is 9.59 Å². The van der Waals surface area contributed by atoms with Gasteiger partial charge in [0, 0.05) is 38.0 Å². The summed E-state index contributed by atoms with van der Waals surface area (Å²) in [5.41, 5.74) is 1.43. The van der Waals surface area contributed by atoms with Crippen molar-refractivity contribution in [3.05, 3.63) is 29.8 Å². The van der Waals surface area contributed by atoms with Crippen molar-refractivity contribution in [2.75, 3.05) is 45.2 Å². The lowest BCUT2D eigenvalue weighted by Gasteiger charge is -2.26. The fourth-order valence-electron chi connectivity index (χ4n) is 2.54. The Labute approximate surface area is 137 Å². The molecule has 6 nitrogen and oxygen atoms in total. The smallest absolute Gasteiger partial charge is 0.251 e. The second-order valence-electron chi connectivity index (χ2n) is 5.62. The van der Waals surface area contributed by atoms with Crippen molar-refractivity contribution in [3.63, 3.8) is 0 Å². The van der Waals surface area contributed by atoms with Crippen LogP contribution in [-0.4, -0.2) is 56.6 Å². The van der Waals surface area contributed by atoms with E-state index in [-0.39, 0.29) is 11.8 Å². The van der Waals surface area contributed by atoms with Gasteiger partial charge in [-0.05, 0) is 43.5 Å². The Bertz CT molecular complexity index is 510. The highest BCUT2D eigenvalue weighted by atomic mass is 16.5. The first-order valence-electron chi connectivity index (χ1n) is 8.09. The van der Waals surface area contributed by atoms with E-state index in [2.05, 4.69) is 10.6 Å². The molecule has 1 heterocycles. The Morgan fingerprint density at radius 1 is 1.13 bits per heavy atom. The number of nitrogens with zero attached hydrogens (tertiary/aromatic N) is 1. The van der Waals surface area contributed by atoms with Crippen LogP contribution < -0.4 is 10.6 Å². The zero-order valence-electron chi connectivity index (χ0n) is 13.6. The molecule has 2 rings (SSSR count). The average molecular weight is 319 g/mol. The molecule has 1 saturated heterocycles. The number of ether oxygens (including phenoxy) is 1. The number of nitrogens with one attached hydrogen (secondary N) is 2. The van der Waals surface area contributed by atoms with Gasteiger partial charge in [-0.2, -0.15) is 0 Å². The molecule has 1 aromatic rings. The number of hydrogen-bond acceptors (Lipinski definition) is 4. The largest absolute Gasteiger partial charge is 0.383 e. The Morgan fingerprint density at radius 2 is 1.83 bits per heavy atom. The lowest BCUT2D eigenvalue weighted by molar-refractivity contribution is -0.130. The van der Waals surface area contributed by atoms with Crippen LogP contribution in [0.5, 0.6) is 0 Å². The van der Waals surface area contributed by atoms with Gasteiger partial charge in [-0.15, -0.1) is 0 Å². The van der Waals surface area contributed by atoms with Crippen molar-refractivity contribution in [2.45, 2.75) is 19.3 Å². The molecule has 1 aliphatic heterocycles. The lowest BCUT2D eigenvalue weighted by atomic mass is 10.1. The monoisotopic (exact) mass is 319 g/mol. The Morgan fingerprint density at radius 3 is 2.48 bits per heavy atom. The van der Waals surface area contributed by atoms with E-state index in [4.69, 9.17) is 4.74 Å². The first kappa shape index (κ1) is 17.3. The summed E-state index contributed by atoms with van der Waals surface area (Å²) in [5.74, 6) is 0.00378. The molecule has 1 fully saturated rings. The number of carbonyl (C=O) groups is 2. The van der Waals surface area contributed by atoms with Crippen molar-refractivity contribution in [1.29, 1.82) is 0 Å². The maximum absolute atomic E-state index is 12.1. The highest BCUT2D eigenvalue weighted by Crippen LogP contribution is 2.11. The van der Waals surface area contributed by atoms with E-state index < -0.39 is 0 Å². The van der Waals surface area contributed by atoms with Gasteiger partial charge >= 0.3 is 0 Å². The Hall–Kier alpha value is -2.08. The Balaban J connectivity index is 1.78. The number of rotatable bonds is 7. The maximum atomic E-state index is 12.1. The highest BCUT2D eigenvalue weighted by Gasteiger charge is 2.15. The molecule has 6 heteroatoms. The van der Waals surface area contributed by atoms with E-state index >= 15 is 0 Å². The first-order valence-corrected chi connectivity index (χ1v) is 8.09. The zero-order chi connectivity index (χ0) is 16.5. The molecule has 0 unspecified atom stereocenters. The van der Waals surface area contributed by atoms with Gasteiger partial charge in [0.2, 0.25) is 5.91 Å². The maximum Gasteiger partial charge on any atom is 0.251 e. The van der Waals surface area contributed by atoms with Crippen LogP contribution >= 0.6 is 0 Å². The second-order valence-corrected chi connectivity index (χ2v) is 5.62. The fraction of sp³-hybridized carbons (Fsp3) is 0.529. The van der Waals surface area contributed by atoms with E-state index in [1.54, 1.807) is 19.2 Å². The lowest BCUT2D eigenvalue weighted by Crippen LogP contribution is -2.39. The number of likely N-dealkylation sites (tertiary alicyclic amines) is 1. The Kier molecular flexibility index (Phi) is 6.87. The van der Waals surface area contributed by atoms with E-state index in [0.717, 1.165) is 31.6 Å². The molecule has 1 aromatic carbocycles. The molecular formula is C17H25N3O3. The van der Waals surface area contributed by atoms with Crippen LogP contribution in [0, 0.1) is 0 Å². The summed E-state index contributed by atoms with van der Waals surface area (Å²) in [4.78, 5) is 25.8. The summed E-state index contributed by atoms with van der Waals surface area (Å²) in [7, 11) is 1.60. The predicted octanol–water partition coefficient (Wildman–Crippen LogP) is 1.49. The predicted molar refractivity (Wildman–Crippen MR) is 89.6 cm³/mol. The van der Waals surface area contributed by atoms with Crippen molar-refractivity contribution in [2.24, 2.45) is 0 Å². The molecule has 0 aliphatic carbocycles. The van der Waals surface area contributed by atoms with Crippen LogP contribution in [0.15, 0.2) is 24.3 Å². The van der Waals surface area contributed by atoms with Gasteiger partial charge in [0.15, 0.2) is 0 Å². The topological polar surface area (TPSA) is 70.7 Å². The molecule has 0 bridgehead atoms. The van der Waals surface area contributed by atoms with Crippen LogP contribution in [0.2, 0.25) is 0 Å². The van der Waals surface area contributed by atoms with E-state index in [0.29, 0.717) is 25.3 Å². The summed E-state index contributed by atoms with van der Waals surface area (Å²) < 4.78 is 4.89. The standard InChI is InChI=1S/C17H25N3O3/c1-23-12-9-18-17(22)14-5-7-15(8-6-14)19-13-16(21)20-10-3-2-4-11-20/h5-8,19H,2-4,9-13H2,1H3,(H,18,22). The fourth-order valence-corrected chi connectivity index (χ4v) is 2.54. The van der Waals surface area contributed by atoms with Gasteiger partial charge in [-0.1, -0.05) is 0 Å². The second kappa shape index (κ2) is 9.15. The minimum atomic E-state index is -0.127. The van der Waals surface area contributed by atoms with Crippen molar-refractivity contribution < 1.29 is 14.3 Å². The summed E-state index contributed by atoms with van der Waals surface area (Å²) >= 11 is 0. The number of piperidine rings is 1. The van der Waals surface area contributed by atoms with Crippen LogP contribution in [0.25, 0.3) is 0 Å². The molecule has 0 radical (unpaired) electrons. The molecule has 0 atom stereocenters. The molecule has 126 valence electrons. The molecule has 2 N–H and O–H groups in total. The molecule has 23 heavy (non-hydrogen) atoms. The summed E-state index contributed by atoms with van der Waals surface area (Å²) in [5, 5.41) is 5.88. The third kappa shape index (κ3) is 5.56. The number of benzene rings is 1. The number of amides is 2. The van der Waals surface area contributed by atoms with Crippen LogP contribution in [-0.2, 0) is 9.53 Å². The molecule has 1 aliphatic rings. The molecule has 2 amide bonds. The quantitative estimate of drug-likeness (QED) is 0.747. The van der Waals surface area contributed by atoms with E-state index in [1.165, 1.54) is 6.42 Å². The summed E-state index contributed by atoms with van der Waals surface area (Å²) in [6.45, 7) is 2.99. The molecule has 0 saturated carbocycles. The summed E-state index contributed by atoms with van der Waals surface area (Å²) in [6, 6.07) is 7.12. The average Bonchev–Trinajstić information content (AvgIpc) is 2.61. The van der Waals surface area contributed by atoms with E-state index in [9.17, 15) is 9.59 Å². The zero-order valence-corrected chi connectivity index (χ0v) is 13.6. The van der Waals surface area contributed by atoms with Gasteiger partial charge < -0.3 is 20.3 Å². The van der Waals surface area contributed by atoms with Crippen LogP contribution in [0.1, 0.15) is 29.6 Å². The van der Waals surface area contributed by atoms with Crippen molar-refractivity contribution >= 4 is 17.5 Å². The minimum Gasteiger partial charge on any atom is -0.383 e. The molecule has 0 spiro atoms. The molecule has 0 aromatic heterocycles. The normalized spacial score (nSPS) is 14.4. The minimum absolute atomic E-state index is 0.127. The number of methoxy groups -OCH3 is 1. The van der Waals surface area contributed by atoms with Gasteiger partial charge in [-0.25, -0.2) is 0 Å². The highest BCUT2D eigenvalue weighted by molar-refractivity contribution is 5.94. The number of hydrogen-bond donors (Lipinski definition) is 2. The van der Waals surface area contributed by atoms with Crippen LogP contribution in [0.3, 0.4) is 0 Å². The van der Waals surface area contributed by atoms with Gasteiger partial charge in [0.05, 0.1) is 13.2 Å². The first-order chi connectivity index (χ1) is 11.2. The van der Waals surface area contributed by atoms with Crippen molar-refractivity contribution in [3.8, 4) is 0 Å². The molecular weight excluding hydrogens is 294 g/mol. The number of carbonyl (C=O) groups excluding carboxylic acids is 2. The van der Waals surface area contributed by atoms with Crippen molar-refractivity contribution in [1.82, 2.24) is 10.2 Å². The third-order valence-electron chi connectivity index (χ3n) is 3.89.